The Morgan fingerprint density at radius 3 is 2.57 bits per heavy atom. The second kappa shape index (κ2) is 8.80. The molecule has 1 aromatic rings. The van der Waals surface area contributed by atoms with Gasteiger partial charge in [0.05, 0.1) is 6.54 Å². The van der Waals surface area contributed by atoms with E-state index in [1.165, 1.54) is 24.8 Å². The number of nitrogens with two attached hydrogens (primary N) is 1. The fourth-order valence-corrected chi connectivity index (χ4v) is 2.96. The summed E-state index contributed by atoms with van der Waals surface area (Å²) in [6.45, 7) is 2.52. The molecule has 21 heavy (non-hydrogen) atoms. The third kappa shape index (κ3) is 5.86. The SMILES string of the molecule is NCCN(CC(=O)NC1CCCCC1)Cc1ccccc1. The second-order valence-corrected chi connectivity index (χ2v) is 5.89. The minimum absolute atomic E-state index is 0.131. The fraction of sp³-hybridized carbons (Fsp3) is 0.588. The third-order valence-electron chi connectivity index (χ3n) is 4.03. The van der Waals surface area contributed by atoms with Crippen LogP contribution in [0.4, 0.5) is 0 Å². The Labute approximate surface area is 127 Å². The number of carbonyl (C=O) groups excluding carboxylic acids is 1. The molecule has 0 heterocycles. The lowest BCUT2D eigenvalue weighted by molar-refractivity contribution is -0.123. The Morgan fingerprint density at radius 2 is 1.90 bits per heavy atom. The van der Waals surface area contributed by atoms with Gasteiger partial charge in [-0.3, -0.25) is 9.69 Å². The topological polar surface area (TPSA) is 58.4 Å². The van der Waals surface area contributed by atoms with Crippen molar-refractivity contribution in [3.8, 4) is 0 Å². The molecule has 116 valence electrons. The first-order valence-electron chi connectivity index (χ1n) is 8.03. The largest absolute Gasteiger partial charge is 0.352 e. The van der Waals surface area contributed by atoms with Crippen LogP contribution in [0.15, 0.2) is 30.3 Å². The van der Waals surface area contributed by atoms with E-state index in [0.29, 0.717) is 19.1 Å². The maximum Gasteiger partial charge on any atom is 0.234 e. The normalized spacial score (nSPS) is 16.1. The molecule has 1 aliphatic carbocycles. The molecule has 0 aromatic heterocycles. The number of benzene rings is 1. The Bertz CT molecular complexity index is 415. The van der Waals surface area contributed by atoms with Crippen LogP contribution < -0.4 is 11.1 Å². The van der Waals surface area contributed by atoms with Crippen LogP contribution >= 0.6 is 0 Å². The van der Waals surface area contributed by atoms with Gasteiger partial charge in [0.1, 0.15) is 0 Å². The number of carbonyl (C=O) groups is 1. The van der Waals surface area contributed by atoms with Crippen molar-refractivity contribution in [3.05, 3.63) is 35.9 Å². The van der Waals surface area contributed by atoms with Gasteiger partial charge in [-0.2, -0.15) is 0 Å². The van der Waals surface area contributed by atoms with Crippen LogP contribution in [0.25, 0.3) is 0 Å². The first-order chi connectivity index (χ1) is 10.3. The van der Waals surface area contributed by atoms with Crippen molar-refractivity contribution < 1.29 is 4.79 Å². The van der Waals surface area contributed by atoms with Crippen LogP contribution in [0.1, 0.15) is 37.7 Å². The van der Waals surface area contributed by atoms with E-state index in [-0.39, 0.29) is 5.91 Å². The molecule has 3 N–H and O–H groups in total. The smallest absolute Gasteiger partial charge is 0.234 e. The van der Waals surface area contributed by atoms with Crippen LogP contribution in [0.5, 0.6) is 0 Å². The summed E-state index contributed by atoms with van der Waals surface area (Å²) in [5.41, 5.74) is 6.89. The van der Waals surface area contributed by atoms with Gasteiger partial charge in [-0.25, -0.2) is 0 Å². The lowest BCUT2D eigenvalue weighted by Crippen LogP contribution is -2.43. The Balaban J connectivity index is 1.82. The molecule has 1 aliphatic rings. The summed E-state index contributed by atoms with van der Waals surface area (Å²) in [5, 5.41) is 3.17. The highest BCUT2D eigenvalue weighted by molar-refractivity contribution is 5.78. The van der Waals surface area contributed by atoms with E-state index in [1.54, 1.807) is 0 Å². The molecule has 2 rings (SSSR count). The van der Waals surface area contributed by atoms with E-state index in [1.807, 2.05) is 18.2 Å². The molecule has 1 fully saturated rings. The first kappa shape index (κ1) is 16.0. The summed E-state index contributed by atoms with van der Waals surface area (Å²) in [6, 6.07) is 10.6. The molecule has 0 radical (unpaired) electrons. The van der Waals surface area contributed by atoms with Crippen LogP contribution in [-0.4, -0.2) is 36.5 Å². The predicted molar refractivity (Wildman–Crippen MR) is 85.8 cm³/mol. The number of nitrogens with one attached hydrogen (secondary N) is 1. The lowest BCUT2D eigenvalue weighted by Gasteiger charge is -2.26. The average molecular weight is 289 g/mol. The van der Waals surface area contributed by atoms with Crippen LogP contribution in [0, 0.1) is 0 Å². The van der Waals surface area contributed by atoms with Crippen LogP contribution in [0.2, 0.25) is 0 Å². The van der Waals surface area contributed by atoms with Gasteiger partial charge in [-0.05, 0) is 18.4 Å². The maximum atomic E-state index is 12.2. The highest BCUT2D eigenvalue weighted by Crippen LogP contribution is 2.17. The molecule has 1 aromatic carbocycles. The Kier molecular flexibility index (Phi) is 6.70. The van der Waals surface area contributed by atoms with Crippen molar-refractivity contribution in [2.45, 2.75) is 44.7 Å². The van der Waals surface area contributed by atoms with E-state index < -0.39 is 0 Å². The van der Waals surface area contributed by atoms with Crippen molar-refractivity contribution in [2.75, 3.05) is 19.6 Å². The van der Waals surface area contributed by atoms with E-state index in [2.05, 4.69) is 22.3 Å². The third-order valence-corrected chi connectivity index (χ3v) is 4.03. The van der Waals surface area contributed by atoms with Gasteiger partial charge in [0.15, 0.2) is 0 Å². The summed E-state index contributed by atoms with van der Waals surface area (Å²) < 4.78 is 0. The Hall–Kier alpha value is -1.39. The highest BCUT2D eigenvalue weighted by atomic mass is 16.2. The van der Waals surface area contributed by atoms with Gasteiger partial charge < -0.3 is 11.1 Å². The van der Waals surface area contributed by atoms with Gasteiger partial charge in [0.2, 0.25) is 5.91 Å². The fourth-order valence-electron chi connectivity index (χ4n) is 2.96. The zero-order valence-corrected chi connectivity index (χ0v) is 12.8. The molecular weight excluding hydrogens is 262 g/mol. The standard InChI is InChI=1S/C17H27N3O/c18-11-12-20(13-15-7-3-1-4-8-15)14-17(21)19-16-9-5-2-6-10-16/h1,3-4,7-8,16H,2,5-6,9-14,18H2,(H,19,21). The number of hydrogen-bond donors (Lipinski definition) is 2. The van der Waals surface area contributed by atoms with Crippen LogP contribution in [0.3, 0.4) is 0 Å². The van der Waals surface area contributed by atoms with Gasteiger partial charge in [0.25, 0.3) is 0 Å². The molecule has 4 nitrogen and oxygen atoms in total. The average Bonchev–Trinajstić information content (AvgIpc) is 2.49. The van der Waals surface area contributed by atoms with Crippen molar-refractivity contribution in [1.29, 1.82) is 0 Å². The second-order valence-electron chi connectivity index (χ2n) is 5.89. The van der Waals surface area contributed by atoms with E-state index in [0.717, 1.165) is 25.9 Å². The summed E-state index contributed by atoms with van der Waals surface area (Å²) in [5.74, 6) is 0.131. The number of amides is 1. The monoisotopic (exact) mass is 289 g/mol. The summed E-state index contributed by atoms with van der Waals surface area (Å²) in [4.78, 5) is 14.3. The maximum absolute atomic E-state index is 12.2. The summed E-state index contributed by atoms with van der Waals surface area (Å²) in [7, 11) is 0. The van der Waals surface area contributed by atoms with Gasteiger partial charge in [0, 0.05) is 25.7 Å². The zero-order valence-electron chi connectivity index (χ0n) is 12.8. The first-order valence-corrected chi connectivity index (χ1v) is 8.03. The summed E-state index contributed by atoms with van der Waals surface area (Å²) in [6.07, 6.45) is 6.03. The van der Waals surface area contributed by atoms with Crippen molar-refractivity contribution in [3.63, 3.8) is 0 Å². The van der Waals surface area contributed by atoms with Gasteiger partial charge in [-0.15, -0.1) is 0 Å². The molecule has 0 bridgehead atoms. The number of hydrogen-bond acceptors (Lipinski definition) is 3. The molecular formula is C17H27N3O. The number of nitrogens with zero attached hydrogens (tertiary/aromatic N) is 1. The van der Waals surface area contributed by atoms with Gasteiger partial charge in [-0.1, -0.05) is 49.6 Å². The zero-order chi connectivity index (χ0) is 14.9. The predicted octanol–water partition coefficient (Wildman–Crippen LogP) is 1.90. The summed E-state index contributed by atoms with van der Waals surface area (Å²) >= 11 is 0. The molecule has 0 saturated heterocycles. The molecule has 1 saturated carbocycles. The molecule has 0 atom stereocenters. The molecule has 0 unspecified atom stereocenters. The minimum atomic E-state index is 0.131. The van der Waals surface area contributed by atoms with Crippen molar-refractivity contribution in [2.24, 2.45) is 5.73 Å². The van der Waals surface area contributed by atoms with E-state index in [9.17, 15) is 4.79 Å². The Morgan fingerprint density at radius 1 is 1.19 bits per heavy atom. The quantitative estimate of drug-likeness (QED) is 0.806. The molecule has 1 amide bonds. The van der Waals surface area contributed by atoms with Crippen molar-refractivity contribution in [1.82, 2.24) is 10.2 Å². The highest BCUT2D eigenvalue weighted by Gasteiger charge is 2.17. The molecule has 0 spiro atoms. The minimum Gasteiger partial charge on any atom is -0.352 e. The molecule has 4 heteroatoms. The van der Waals surface area contributed by atoms with E-state index >= 15 is 0 Å². The molecule has 0 aliphatic heterocycles. The lowest BCUT2D eigenvalue weighted by atomic mass is 9.95. The van der Waals surface area contributed by atoms with Crippen molar-refractivity contribution >= 4 is 5.91 Å². The van der Waals surface area contributed by atoms with Gasteiger partial charge >= 0.3 is 0 Å². The van der Waals surface area contributed by atoms with E-state index in [4.69, 9.17) is 5.73 Å². The van der Waals surface area contributed by atoms with Crippen LogP contribution in [-0.2, 0) is 11.3 Å². The number of rotatable bonds is 7.